The van der Waals surface area contributed by atoms with Gasteiger partial charge in [-0.05, 0) is 43.2 Å². The van der Waals surface area contributed by atoms with Crippen LogP contribution < -0.4 is 11.1 Å². The van der Waals surface area contributed by atoms with Crippen molar-refractivity contribution in [3.8, 4) is 0 Å². The van der Waals surface area contributed by atoms with Crippen LogP contribution in [-0.2, 0) is 0 Å². The molecule has 1 aromatic rings. The smallest absolute Gasteiger partial charge is 0.0579 e. The fourth-order valence-corrected chi connectivity index (χ4v) is 2.62. The number of nitrogens with one attached hydrogen (secondary N) is 1. The molecule has 2 heteroatoms. The number of nitrogens with two attached hydrogens (primary N) is 1. The molecule has 1 aliphatic carbocycles. The molecular formula is C15H24N2. The van der Waals surface area contributed by atoms with E-state index in [0.717, 1.165) is 35.3 Å². The van der Waals surface area contributed by atoms with Crippen LogP contribution >= 0.6 is 0 Å². The van der Waals surface area contributed by atoms with Gasteiger partial charge in [0.15, 0.2) is 0 Å². The molecule has 1 saturated carbocycles. The molecule has 0 unspecified atom stereocenters. The Morgan fingerprint density at radius 3 is 2.65 bits per heavy atom. The summed E-state index contributed by atoms with van der Waals surface area (Å²) in [6.07, 6.45) is 5.49. The number of aryl methyl sites for hydroxylation is 1. The van der Waals surface area contributed by atoms with E-state index in [9.17, 15) is 0 Å². The Hall–Kier alpha value is -1.18. The molecule has 0 saturated heterocycles. The van der Waals surface area contributed by atoms with Gasteiger partial charge in [0.1, 0.15) is 0 Å². The summed E-state index contributed by atoms with van der Waals surface area (Å²) < 4.78 is 0. The predicted octanol–water partition coefficient (Wildman–Crippen LogP) is 3.82. The number of rotatable bonds is 3. The van der Waals surface area contributed by atoms with E-state index in [2.05, 4.69) is 37.4 Å². The summed E-state index contributed by atoms with van der Waals surface area (Å²) in [6, 6.07) is 6.20. The minimum absolute atomic E-state index is 0.825. The van der Waals surface area contributed by atoms with Crippen LogP contribution in [0.15, 0.2) is 18.2 Å². The van der Waals surface area contributed by atoms with Crippen molar-refractivity contribution in [3.63, 3.8) is 0 Å². The monoisotopic (exact) mass is 232 g/mol. The molecule has 94 valence electrons. The summed E-state index contributed by atoms with van der Waals surface area (Å²) in [5.41, 5.74) is 9.22. The van der Waals surface area contributed by atoms with Gasteiger partial charge >= 0.3 is 0 Å². The molecule has 0 atom stereocenters. The molecule has 1 aromatic carbocycles. The maximum atomic E-state index is 6.06. The van der Waals surface area contributed by atoms with Gasteiger partial charge in [0, 0.05) is 6.54 Å². The normalized spacial score (nSPS) is 24.6. The summed E-state index contributed by atoms with van der Waals surface area (Å²) in [7, 11) is 0. The van der Waals surface area contributed by atoms with E-state index in [1.165, 1.54) is 25.7 Å². The van der Waals surface area contributed by atoms with Crippen molar-refractivity contribution in [3.05, 3.63) is 23.8 Å². The molecule has 0 radical (unpaired) electrons. The number of hydrogen-bond donors (Lipinski definition) is 2. The van der Waals surface area contributed by atoms with Gasteiger partial charge in [0.25, 0.3) is 0 Å². The van der Waals surface area contributed by atoms with Crippen molar-refractivity contribution < 1.29 is 0 Å². The van der Waals surface area contributed by atoms with Crippen molar-refractivity contribution in [1.82, 2.24) is 0 Å². The largest absolute Gasteiger partial charge is 0.397 e. The van der Waals surface area contributed by atoms with Gasteiger partial charge in [-0.25, -0.2) is 0 Å². The number of benzene rings is 1. The second-order valence-corrected chi connectivity index (χ2v) is 5.54. The van der Waals surface area contributed by atoms with E-state index in [0.29, 0.717) is 0 Å². The molecule has 3 N–H and O–H groups in total. The van der Waals surface area contributed by atoms with Crippen molar-refractivity contribution in [2.24, 2.45) is 11.8 Å². The molecule has 0 aromatic heterocycles. The summed E-state index contributed by atoms with van der Waals surface area (Å²) in [5, 5.41) is 3.51. The van der Waals surface area contributed by atoms with Crippen LogP contribution in [0.5, 0.6) is 0 Å². The fraction of sp³-hybridized carbons (Fsp3) is 0.600. The van der Waals surface area contributed by atoms with Crippen molar-refractivity contribution in [1.29, 1.82) is 0 Å². The van der Waals surface area contributed by atoms with Gasteiger partial charge in [0.05, 0.1) is 11.4 Å². The van der Waals surface area contributed by atoms with Crippen molar-refractivity contribution in [2.45, 2.75) is 39.5 Å². The van der Waals surface area contributed by atoms with Crippen LogP contribution in [0.25, 0.3) is 0 Å². The Morgan fingerprint density at radius 2 is 1.94 bits per heavy atom. The van der Waals surface area contributed by atoms with Crippen LogP contribution in [0.3, 0.4) is 0 Å². The first-order valence-corrected chi connectivity index (χ1v) is 6.75. The van der Waals surface area contributed by atoms with Gasteiger partial charge in [-0.1, -0.05) is 31.9 Å². The summed E-state index contributed by atoms with van der Waals surface area (Å²) >= 11 is 0. The number of anilines is 2. The van der Waals surface area contributed by atoms with Crippen LogP contribution in [0.4, 0.5) is 11.4 Å². The lowest BCUT2D eigenvalue weighted by molar-refractivity contribution is 0.300. The third-order valence-corrected chi connectivity index (χ3v) is 4.04. The Balaban J connectivity index is 1.87. The summed E-state index contributed by atoms with van der Waals surface area (Å²) in [5.74, 6) is 1.75. The quantitative estimate of drug-likeness (QED) is 0.778. The molecule has 1 fully saturated rings. The number of nitrogen functional groups attached to an aromatic ring is 1. The maximum absolute atomic E-state index is 6.06. The van der Waals surface area contributed by atoms with E-state index in [4.69, 9.17) is 5.73 Å². The predicted molar refractivity (Wildman–Crippen MR) is 75.2 cm³/mol. The van der Waals surface area contributed by atoms with Crippen molar-refractivity contribution in [2.75, 3.05) is 17.6 Å². The van der Waals surface area contributed by atoms with Crippen LogP contribution in [0, 0.1) is 18.8 Å². The first kappa shape index (κ1) is 12.3. The van der Waals surface area contributed by atoms with Crippen LogP contribution in [0.2, 0.25) is 0 Å². The molecule has 0 bridgehead atoms. The minimum atomic E-state index is 0.825. The topological polar surface area (TPSA) is 38.0 Å². The fourth-order valence-electron chi connectivity index (χ4n) is 2.62. The zero-order valence-electron chi connectivity index (χ0n) is 11.0. The van der Waals surface area contributed by atoms with E-state index < -0.39 is 0 Å². The Labute approximate surface area is 105 Å². The highest BCUT2D eigenvalue weighted by molar-refractivity contribution is 5.69. The minimum Gasteiger partial charge on any atom is -0.397 e. The molecule has 0 aliphatic heterocycles. The highest BCUT2D eigenvalue weighted by Crippen LogP contribution is 2.29. The molecule has 0 amide bonds. The Bertz CT molecular complexity index is 365. The molecule has 0 heterocycles. The lowest BCUT2D eigenvalue weighted by Gasteiger charge is -2.26. The van der Waals surface area contributed by atoms with Gasteiger partial charge < -0.3 is 11.1 Å². The molecule has 1 aliphatic rings. The summed E-state index contributed by atoms with van der Waals surface area (Å²) in [6.45, 7) is 5.49. The van der Waals surface area contributed by atoms with Gasteiger partial charge in [-0.15, -0.1) is 0 Å². The van der Waals surface area contributed by atoms with E-state index >= 15 is 0 Å². The SMILES string of the molecule is Cc1cccc(NCC2CCC(C)CC2)c1N. The molecule has 2 rings (SSSR count). The second-order valence-electron chi connectivity index (χ2n) is 5.54. The highest BCUT2D eigenvalue weighted by Gasteiger charge is 2.17. The summed E-state index contributed by atoms with van der Waals surface area (Å²) in [4.78, 5) is 0. The van der Waals surface area contributed by atoms with Crippen molar-refractivity contribution >= 4 is 11.4 Å². The number of hydrogen-bond acceptors (Lipinski definition) is 2. The Kier molecular flexibility index (Phi) is 3.93. The number of para-hydroxylation sites is 1. The lowest BCUT2D eigenvalue weighted by Crippen LogP contribution is -2.20. The average molecular weight is 232 g/mol. The van der Waals surface area contributed by atoms with Gasteiger partial charge in [-0.3, -0.25) is 0 Å². The third kappa shape index (κ3) is 3.15. The van der Waals surface area contributed by atoms with E-state index in [-0.39, 0.29) is 0 Å². The van der Waals surface area contributed by atoms with Crippen LogP contribution in [0.1, 0.15) is 38.2 Å². The third-order valence-electron chi connectivity index (χ3n) is 4.04. The zero-order chi connectivity index (χ0) is 12.3. The molecular weight excluding hydrogens is 208 g/mol. The highest BCUT2D eigenvalue weighted by atomic mass is 14.9. The molecule has 0 spiro atoms. The van der Waals surface area contributed by atoms with Gasteiger partial charge in [-0.2, -0.15) is 0 Å². The standard InChI is InChI=1S/C15H24N2/c1-11-6-8-13(9-7-11)10-17-14-5-3-4-12(2)15(14)16/h3-5,11,13,17H,6-10,16H2,1-2H3. The second kappa shape index (κ2) is 5.44. The van der Waals surface area contributed by atoms with Crippen LogP contribution in [-0.4, -0.2) is 6.54 Å². The van der Waals surface area contributed by atoms with E-state index in [1.54, 1.807) is 0 Å². The first-order valence-electron chi connectivity index (χ1n) is 6.75. The Morgan fingerprint density at radius 1 is 1.24 bits per heavy atom. The molecule has 17 heavy (non-hydrogen) atoms. The first-order chi connectivity index (χ1) is 8.16. The zero-order valence-corrected chi connectivity index (χ0v) is 11.0. The van der Waals surface area contributed by atoms with E-state index in [1.807, 2.05) is 0 Å². The van der Waals surface area contributed by atoms with Gasteiger partial charge in [0.2, 0.25) is 0 Å². The average Bonchev–Trinajstić information content (AvgIpc) is 2.33. The lowest BCUT2D eigenvalue weighted by atomic mass is 9.83. The maximum Gasteiger partial charge on any atom is 0.0579 e. The molecule has 2 nitrogen and oxygen atoms in total.